The highest BCUT2D eigenvalue weighted by atomic mass is 32.2. The summed E-state index contributed by atoms with van der Waals surface area (Å²) in [4.78, 5) is 17.4. The van der Waals surface area contributed by atoms with Crippen molar-refractivity contribution in [2.45, 2.75) is 24.2 Å². The average molecular weight is 336 g/mol. The number of rotatable bonds is 6. The van der Waals surface area contributed by atoms with E-state index in [1.165, 1.54) is 0 Å². The van der Waals surface area contributed by atoms with Crippen LogP contribution in [0.3, 0.4) is 0 Å². The van der Waals surface area contributed by atoms with Gasteiger partial charge in [-0.2, -0.15) is 0 Å². The number of methoxy groups -OCH3 is 1. The fraction of sp³-hybridized carbons (Fsp3) is 0.500. The molecule has 1 aliphatic rings. The Morgan fingerprint density at radius 2 is 2.30 bits per heavy atom. The topological polar surface area (TPSA) is 62.6 Å². The summed E-state index contributed by atoms with van der Waals surface area (Å²) in [5, 5.41) is 1.34. The predicted octanol–water partition coefficient (Wildman–Crippen LogP) is 1.90. The van der Waals surface area contributed by atoms with Crippen molar-refractivity contribution in [2.24, 2.45) is 0 Å². The summed E-state index contributed by atoms with van der Waals surface area (Å²) in [6.07, 6.45) is 0.996. The van der Waals surface area contributed by atoms with Gasteiger partial charge in [0.15, 0.2) is 5.16 Å². The summed E-state index contributed by atoms with van der Waals surface area (Å²) in [7, 11) is 1.63. The van der Waals surface area contributed by atoms with E-state index in [0.29, 0.717) is 37.1 Å². The molecule has 6 nitrogen and oxygen atoms in total. The van der Waals surface area contributed by atoms with Gasteiger partial charge in [0.05, 0.1) is 36.8 Å². The molecule has 0 bridgehead atoms. The molecule has 0 N–H and O–H groups in total. The summed E-state index contributed by atoms with van der Waals surface area (Å²) < 4.78 is 17.6. The largest absolute Gasteiger partial charge is 0.383 e. The molecule has 1 atom stereocenters. The van der Waals surface area contributed by atoms with Gasteiger partial charge in [0, 0.05) is 12.9 Å². The Balaban J connectivity index is 1.87. The number of ether oxygens (including phenoxy) is 3. The third kappa shape index (κ3) is 3.92. The molecule has 23 heavy (non-hydrogen) atoms. The Morgan fingerprint density at radius 1 is 1.43 bits per heavy atom. The van der Waals surface area contributed by atoms with Crippen LogP contribution in [0.1, 0.15) is 6.42 Å². The second-order valence-corrected chi connectivity index (χ2v) is 6.26. The monoisotopic (exact) mass is 336 g/mol. The minimum Gasteiger partial charge on any atom is -0.383 e. The third-order valence-corrected chi connectivity index (χ3v) is 4.82. The van der Waals surface area contributed by atoms with Gasteiger partial charge in [-0.3, -0.25) is 9.36 Å². The fourth-order valence-corrected chi connectivity index (χ4v) is 3.53. The molecule has 3 rings (SSSR count). The molecule has 2 heterocycles. The van der Waals surface area contributed by atoms with Crippen LogP contribution in [0.4, 0.5) is 0 Å². The van der Waals surface area contributed by atoms with Crippen LogP contribution in [0.5, 0.6) is 0 Å². The molecule has 0 radical (unpaired) electrons. The molecular weight excluding hydrogens is 316 g/mol. The Morgan fingerprint density at radius 3 is 3.09 bits per heavy atom. The summed E-state index contributed by atoms with van der Waals surface area (Å²) in [6.45, 7) is 2.02. The zero-order valence-electron chi connectivity index (χ0n) is 13.1. The number of thioether (sulfide) groups is 1. The van der Waals surface area contributed by atoms with Crippen LogP contribution < -0.4 is 5.56 Å². The van der Waals surface area contributed by atoms with E-state index in [4.69, 9.17) is 14.2 Å². The summed E-state index contributed by atoms with van der Waals surface area (Å²) in [5.41, 5.74) is 0.699. The standard InChI is InChI=1S/C16H20N2O4S/c1-20-9-7-18-15(19)13-4-2-3-5-14(13)17-16(18)23-10-12-6-8-21-11-22-12/h2-5,12H,6-11H2,1H3/t12-/m1/s1. The van der Waals surface area contributed by atoms with E-state index in [1.807, 2.05) is 24.3 Å². The normalized spacial score (nSPS) is 18.4. The molecule has 0 saturated carbocycles. The maximum Gasteiger partial charge on any atom is 0.262 e. The van der Waals surface area contributed by atoms with Crippen LogP contribution in [0.2, 0.25) is 0 Å². The van der Waals surface area contributed by atoms with E-state index in [2.05, 4.69) is 4.98 Å². The smallest absolute Gasteiger partial charge is 0.262 e. The van der Waals surface area contributed by atoms with Gasteiger partial charge in [0.2, 0.25) is 0 Å². The van der Waals surface area contributed by atoms with E-state index in [-0.39, 0.29) is 11.7 Å². The lowest BCUT2D eigenvalue weighted by molar-refractivity contribution is -0.130. The lowest BCUT2D eigenvalue weighted by Crippen LogP contribution is -2.28. The van der Waals surface area contributed by atoms with Crippen molar-refractivity contribution in [3.63, 3.8) is 0 Å². The lowest BCUT2D eigenvalue weighted by Gasteiger charge is -2.22. The molecule has 1 aromatic carbocycles. The van der Waals surface area contributed by atoms with Crippen molar-refractivity contribution in [3.8, 4) is 0 Å². The number of para-hydroxylation sites is 1. The van der Waals surface area contributed by atoms with Gasteiger partial charge >= 0.3 is 0 Å². The van der Waals surface area contributed by atoms with E-state index in [1.54, 1.807) is 23.4 Å². The van der Waals surface area contributed by atoms with Crippen molar-refractivity contribution < 1.29 is 14.2 Å². The maximum absolute atomic E-state index is 12.7. The summed E-state index contributed by atoms with van der Waals surface area (Å²) in [6, 6.07) is 7.43. The van der Waals surface area contributed by atoms with E-state index >= 15 is 0 Å². The first-order valence-corrected chi connectivity index (χ1v) is 8.59. The highest BCUT2D eigenvalue weighted by molar-refractivity contribution is 7.99. The molecular formula is C16H20N2O4S. The zero-order valence-corrected chi connectivity index (χ0v) is 13.9. The highest BCUT2D eigenvalue weighted by Crippen LogP contribution is 2.21. The minimum atomic E-state index is -0.0250. The fourth-order valence-electron chi connectivity index (χ4n) is 2.44. The van der Waals surface area contributed by atoms with Crippen LogP contribution in [0, 0.1) is 0 Å². The number of fused-ring (bicyclic) bond motifs is 1. The van der Waals surface area contributed by atoms with Gasteiger partial charge in [0.1, 0.15) is 6.79 Å². The summed E-state index contributed by atoms with van der Waals surface area (Å²) in [5.74, 6) is 0.751. The van der Waals surface area contributed by atoms with E-state index < -0.39 is 0 Å². The van der Waals surface area contributed by atoms with Crippen LogP contribution in [0.25, 0.3) is 10.9 Å². The zero-order chi connectivity index (χ0) is 16.1. The number of benzene rings is 1. The van der Waals surface area contributed by atoms with Crippen LogP contribution >= 0.6 is 11.8 Å². The SMILES string of the molecule is COCCn1c(SC[C@H]2CCOCO2)nc2ccccc2c1=O. The second kappa shape index (κ2) is 7.92. The first kappa shape index (κ1) is 16.4. The molecule has 1 fully saturated rings. The van der Waals surface area contributed by atoms with E-state index in [0.717, 1.165) is 17.7 Å². The molecule has 2 aromatic rings. The second-order valence-electron chi connectivity index (χ2n) is 5.28. The van der Waals surface area contributed by atoms with Crippen molar-refractivity contribution >= 4 is 22.7 Å². The highest BCUT2D eigenvalue weighted by Gasteiger charge is 2.17. The quantitative estimate of drug-likeness (QED) is 0.593. The number of hydrogen-bond donors (Lipinski definition) is 0. The molecule has 124 valence electrons. The third-order valence-electron chi connectivity index (χ3n) is 3.72. The van der Waals surface area contributed by atoms with Gasteiger partial charge < -0.3 is 14.2 Å². The average Bonchev–Trinajstić information content (AvgIpc) is 2.60. The lowest BCUT2D eigenvalue weighted by atomic mass is 10.2. The van der Waals surface area contributed by atoms with Crippen molar-refractivity contribution in [1.29, 1.82) is 0 Å². The van der Waals surface area contributed by atoms with Crippen LogP contribution in [0.15, 0.2) is 34.2 Å². The minimum absolute atomic E-state index is 0.0250. The van der Waals surface area contributed by atoms with Crippen molar-refractivity contribution in [1.82, 2.24) is 9.55 Å². The van der Waals surface area contributed by atoms with Gasteiger partial charge in [-0.15, -0.1) is 0 Å². The summed E-state index contributed by atoms with van der Waals surface area (Å²) >= 11 is 1.55. The molecule has 0 amide bonds. The van der Waals surface area contributed by atoms with Gasteiger partial charge in [-0.25, -0.2) is 4.98 Å². The van der Waals surface area contributed by atoms with Crippen molar-refractivity contribution in [3.05, 3.63) is 34.6 Å². The maximum atomic E-state index is 12.7. The molecule has 0 unspecified atom stereocenters. The van der Waals surface area contributed by atoms with E-state index in [9.17, 15) is 4.79 Å². The molecule has 1 aromatic heterocycles. The first-order valence-electron chi connectivity index (χ1n) is 7.60. The molecule has 0 spiro atoms. The molecule has 7 heteroatoms. The Labute approximate surface area is 138 Å². The molecule has 1 saturated heterocycles. The van der Waals surface area contributed by atoms with Gasteiger partial charge in [-0.1, -0.05) is 23.9 Å². The van der Waals surface area contributed by atoms with Crippen LogP contribution in [-0.4, -0.2) is 48.5 Å². The first-order chi connectivity index (χ1) is 11.3. The number of hydrogen-bond acceptors (Lipinski definition) is 6. The predicted molar refractivity (Wildman–Crippen MR) is 88.9 cm³/mol. The molecule has 1 aliphatic heterocycles. The van der Waals surface area contributed by atoms with Crippen molar-refractivity contribution in [2.75, 3.05) is 32.9 Å². The molecule has 0 aliphatic carbocycles. The van der Waals surface area contributed by atoms with Crippen LogP contribution in [-0.2, 0) is 20.8 Å². The number of nitrogens with zero attached hydrogens (tertiary/aromatic N) is 2. The van der Waals surface area contributed by atoms with Gasteiger partial charge in [-0.05, 0) is 18.6 Å². The Hall–Kier alpha value is -1.41. The Bertz CT molecular complexity index is 713. The Kier molecular flexibility index (Phi) is 5.66. The van der Waals surface area contributed by atoms with Gasteiger partial charge in [0.25, 0.3) is 5.56 Å². The number of aromatic nitrogens is 2.